The van der Waals surface area contributed by atoms with Crippen LogP contribution in [0, 0.1) is 0 Å². The number of imidazole rings is 1. The van der Waals surface area contributed by atoms with Gasteiger partial charge in [-0.3, -0.25) is 9.78 Å². The van der Waals surface area contributed by atoms with Crippen LogP contribution >= 0.6 is 11.6 Å². The zero-order valence-corrected chi connectivity index (χ0v) is 15.1. The Bertz CT molecular complexity index is 1080. The minimum atomic E-state index is -0.144. The van der Waals surface area contributed by atoms with Gasteiger partial charge in [-0.1, -0.05) is 11.6 Å². The van der Waals surface area contributed by atoms with Crippen molar-refractivity contribution < 1.29 is 4.79 Å². The SMILES string of the molecule is O=C(NCCn1c(-c2ccncc2)nc2cccnc21)c1ccc(Cl)cc1. The van der Waals surface area contributed by atoms with Crippen LogP contribution < -0.4 is 5.32 Å². The third kappa shape index (κ3) is 3.66. The first kappa shape index (κ1) is 17.2. The van der Waals surface area contributed by atoms with Gasteiger partial charge >= 0.3 is 0 Å². The van der Waals surface area contributed by atoms with Gasteiger partial charge in [-0.05, 0) is 48.5 Å². The summed E-state index contributed by atoms with van der Waals surface area (Å²) in [4.78, 5) is 25.5. The Morgan fingerprint density at radius 2 is 1.81 bits per heavy atom. The molecule has 0 saturated heterocycles. The van der Waals surface area contributed by atoms with E-state index in [1.54, 1.807) is 42.9 Å². The zero-order valence-electron chi connectivity index (χ0n) is 14.3. The van der Waals surface area contributed by atoms with E-state index in [2.05, 4.69) is 15.3 Å². The molecule has 0 bridgehead atoms. The average molecular weight is 378 g/mol. The first-order valence-electron chi connectivity index (χ1n) is 8.48. The Kier molecular flexibility index (Phi) is 4.80. The number of carbonyl (C=O) groups is 1. The highest BCUT2D eigenvalue weighted by Gasteiger charge is 2.13. The van der Waals surface area contributed by atoms with E-state index >= 15 is 0 Å². The molecule has 27 heavy (non-hydrogen) atoms. The molecule has 6 nitrogen and oxygen atoms in total. The lowest BCUT2D eigenvalue weighted by molar-refractivity contribution is 0.0952. The molecule has 1 N–H and O–H groups in total. The van der Waals surface area contributed by atoms with Crippen LogP contribution in [-0.4, -0.2) is 32.0 Å². The Balaban J connectivity index is 1.56. The second kappa shape index (κ2) is 7.55. The number of rotatable bonds is 5. The molecule has 0 aliphatic rings. The molecular weight excluding hydrogens is 362 g/mol. The predicted octanol–water partition coefficient (Wildman–Crippen LogP) is 3.58. The molecule has 134 valence electrons. The van der Waals surface area contributed by atoms with Gasteiger partial charge in [-0.2, -0.15) is 0 Å². The number of halogens is 1. The fourth-order valence-electron chi connectivity index (χ4n) is 2.88. The zero-order chi connectivity index (χ0) is 18.6. The fraction of sp³-hybridized carbons (Fsp3) is 0.100. The van der Waals surface area contributed by atoms with Crippen LogP contribution in [-0.2, 0) is 6.54 Å². The standard InChI is InChI=1S/C20H16ClN5O/c21-16-5-3-15(4-6-16)20(27)24-12-13-26-18(14-7-10-22-11-8-14)25-17-2-1-9-23-19(17)26/h1-11H,12-13H2,(H,24,27). The van der Waals surface area contributed by atoms with E-state index in [9.17, 15) is 4.79 Å². The van der Waals surface area contributed by atoms with E-state index in [4.69, 9.17) is 16.6 Å². The van der Waals surface area contributed by atoms with Crippen LogP contribution in [0.4, 0.5) is 0 Å². The van der Waals surface area contributed by atoms with Gasteiger partial charge < -0.3 is 9.88 Å². The van der Waals surface area contributed by atoms with E-state index in [0.717, 1.165) is 22.6 Å². The number of aromatic nitrogens is 4. The highest BCUT2D eigenvalue weighted by atomic mass is 35.5. The molecule has 1 amide bonds. The molecule has 3 heterocycles. The monoisotopic (exact) mass is 377 g/mol. The van der Waals surface area contributed by atoms with Crippen LogP contribution in [0.2, 0.25) is 5.02 Å². The van der Waals surface area contributed by atoms with Gasteiger partial charge in [0, 0.05) is 47.8 Å². The number of hydrogen-bond donors (Lipinski definition) is 1. The Morgan fingerprint density at radius 1 is 1.04 bits per heavy atom. The highest BCUT2D eigenvalue weighted by molar-refractivity contribution is 6.30. The number of nitrogens with one attached hydrogen (secondary N) is 1. The maximum atomic E-state index is 12.3. The van der Waals surface area contributed by atoms with Gasteiger partial charge in [-0.25, -0.2) is 9.97 Å². The van der Waals surface area contributed by atoms with Gasteiger partial charge in [0.1, 0.15) is 11.3 Å². The van der Waals surface area contributed by atoms with E-state index in [0.29, 0.717) is 23.7 Å². The van der Waals surface area contributed by atoms with Crippen LogP contribution in [0.3, 0.4) is 0 Å². The summed E-state index contributed by atoms with van der Waals surface area (Å²) in [6.45, 7) is 0.992. The molecule has 1 aromatic carbocycles. The number of hydrogen-bond acceptors (Lipinski definition) is 4. The van der Waals surface area contributed by atoms with Gasteiger partial charge in [0.05, 0.1) is 0 Å². The van der Waals surface area contributed by atoms with E-state index in [-0.39, 0.29) is 5.91 Å². The number of nitrogens with zero attached hydrogens (tertiary/aromatic N) is 4. The Hall–Kier alpha value is -3.25. The van der Waals surface area contributed by atoms with Crippen molar-refractivity contribution >= 4 is 28.7 Å². The smallest absolute Gasteiger partial charge is 0.251 e. The first-order valence-corrected chi connectivity index (χ1v) is 8.85. The van der Waals surface area contributed by atoms with Gasteiger partial charge in [0.15, 0.2) is 5.65 Å². The van der Waals surface area contributed by atoms with Gasteiger partial charge in [0.2, 0.25) is 0 Å². The molecule has 3 aromatic heterocycles. The van der Waals surface area contributed by atoms with E-state index in [1.807, 2.05) is 28.8 Å². The van der Waals surface area contributed by atoms with E-state index in [1.165, 1.54) is 0 Å². The van der Waals surface area contributed by atoms with Crippen molar-refractivity contribution in [2.24, 2.45) is 0 Å². The first-order chi connectivity index (χ1) is 13.2. The molecule has 0 atom stereocenters. The average Bonchev–Trinajstić information content (AvgIpc) is 3.08. The third-order valence-electron chi connectivity index (χ3n) is 4.17. The minimum Gasteiger partial charge on any atom is -0.350 e. The molecule has 0 unspecified atom stereocenters. The summed E-state index contributed by atoms with van der Waals surface area (Å²) in [5.74, 6) is 0.654. The number of pyridine rings is 2. The molecule has 4 aromatic rings. The summed E-state index contributed by atoms with van der Waals surface area (Å²) in [6.07, 6.45) is 5.20. The van der Waals surface area contributed by atoms with Crippen molar-refractivity contribution in [1.29, 1.82) is 0 Å². The minimum absolute atomic E-state index is 0.144. The lowest BCUT2D eigenvalue weighted by atomic mass is 10.2. The van der Waals surface area contributed by atoms with Crippen molar-refractivity contribution in [3.63, 3.8) is 0 Å². The topological polar surface area (TPSA) is 72.7 Å². The second-order valence-corrected chi connectivity index (χ2v) is 6.37. The molecule has 7 heteroatoms. The number of amides is 1. The van der Waals surface area contributed by atoms with Crippen LogP contribution in [0.15, 0.2) is 67.1 Å². The lowest BCUT2D eigenvalue weighted by Gasteiger charge is -2.10. The van der Waals surface area contributed by atoms with Crippen LogP contribution in [0.25, 0.3) is 22.6 Å². The summed E-state index contributed by atoms with van der Waals surface area (Å²) in [5, 5.41) is 3.53. The number of carbonyl (C=O) groups excluding carboxylic acids is 1. The lowest BCUT2D eigenvalue weighted by Crippen LogP contribution is -2.27. The maximum Gasteiger partial charge on any atom is 0.251 e. The fourth-order valence-corrected chi connectivity index (χ4v) is 3.00. The van der Waals surface area contributed by atoms with Gasteiger partial charge in [-0.15, -0.1) is 0 Å². The van der Waals surface area contributed by atoms with Crippen molar-refractivity contribution in [1.82, 2.24) is 24.8 Å². The molecule has 0 saturated carbocycles. The molecule has 0 aliphatic heterocycles. The molecular formula is C20H16ClN5O. The van der Waals surface area contributed by atoms with E-state index < -0.39 is 0 Å². The molecule has 0 aliphatic carbocycles. The second-order valence-electron chi connectivity index (χ2n) is 5.93. The summed E-state index contributed by atoms with van der Waals surface area (Å²) in [6, 6.07) is 14.4. The third-order valence-corrected chi connectivity index (χ3v) is 4.42. The summed E-state index contributed by atoms with van der Waals surface area (Å²) in [5.41, 5.74) is 3.12. The molecule has 4 rings (SSSR count). The number of benzene rings is 1. The normalized spacial score (nSPS) is 10.9. The van der Waals surface area contributed by atoms with Crippen molar-refractivity contribution in [2.45, 2.75) is 6.54 Å². The maximum absolute atomic E-state index is 12.3. The van der Waals surface area contributed by atoms with Crippen LogP contribution in [0.1, 0.15) is 10.4 Å². The van der Waals surface area contributed by atoms with Crippen molar-refractivity contribution in [2.75, 3.05) is 6.54 Å². The van der Waals surface area contributed by atoms with Crippen molar-refractivity contribution in [3.05, 3.63) is 77.7 Å². The molecule has 0 fully saturated rings. The van der Waals surface area contributed by atoms with Crippen molar-refractivity contribution in [3.8, 4) is 11.4 Å². The quantitative estimate of drug-likeness (QED) is 0.577. The predicted molar refractivity (Wildman–Crippen MR) is 105 cm³/mol. The Labute approximate surface area is 160 Å². The number of fused-ring (bicyclic) bond motifs is 1. The summed E-state index contributed by atoms with van der Waals surface area (Å²) < 4.78 is 2.01. The summed E-state index contributed by atoms with van der Waals surface area (Å²) >= 11 is 5.87. The summed E-state index contributed by atoms with van der Waals surface area (Å²) in [7, 11) is 0. The van der Waals surface area contributed by atoms with Gasteiger partial charge in [0.25, 0.3) is 5.91 Å². The van der Waals surface area contributed by atoms with Crippen LogP contribution in [0.5, 0.6) is 0 Å². The molecule has 0 radical (unpaired) electrons. The molecule has 0 spiro atoms. The Morgan fingerprint density at radius 3 is 2.59 bits per heavy atom. The highest BCUT2D eigenvalue weighted by Crippen LogP contribution is 2.22. The largest absolute Gasteiger partial charge is 0.350 e.